The van der Waals surface area contributed by atoms with Gasteiger partial charge in [0.05, 0.1) is 27.2 Å². The molecule has 0 aliphatic rings. The van der Waals surface area contributed by atoms with Crippen molar-refractivity contribution in [1.29, 1.82) is 0 Å². The summed E-state index contributed by atoms with van der Waals surface area (Å²) < 4.78 is 30.5. The molecule has 0 fully saturated rings. The van der Waals surface area contributed by atoms with Gasteiger partial charge in [-0.15, -0.1) is 0 Å². The minimum atomic E-state index is -4.39. The van der Waals surface area contributed by atoms with E-state index in [-0.39, 0.29) is 12.3 Å². The molecule has 0 aromatic rings. The van der Waals surface area contributed by atoms with Crippen LogP contribution in [0.5, 0.6) is 0 Å². The van der Waals surface area contributed by atoms with Crippen LogP contribution in [0.1, 0.15) is 19.8 Å². The van der Waals surface area contributed by atoms with Gasteiger partial charge in [-0.3, -0.25) is 9.35 Å². The Hall–Kier alpha value is -0.960. The summed E-state index contributed by atoms with van der Waals surface area (Å²) in [6.45, 7) is 6.77. The molecule has 1 amide bonds. The highest BCUT2D eigenvalue weighted by molar-refractivity contribution is 7.86. The Morgan fingerprint density at radius 2 is 1.90 bits per heavy atom. The molecule has 0 spiro atoms. The smallest absolute Gasteiger partial charge is 0.292 e. The molecule has 118 valence electrons. The molecule has 0 radical (unpaired) electrons. The second-order valence-electron chi connectivity index (χ2n) is 5.53. The molecule has 0 heterocycles. The van der Waals surface area contributed by atoms with Crippen molar-refractivity contribution in [3.05, 3.63) is 12.2 Å². The number of aliphatic hydroxyl groups is 1. The van der Waals surface area contributed by atoms with Crippen LogP contribution in [0, 0.1) is 0 Å². The molecule has 0 saturated carbocycles. The molecule has 0 aromatic heterocycles. The molecule has 0 aliphatic carbocycles. The van der Waals surface area contributed by atoms with Gasteiger partial charge in [0.15, 0.2) is 5.44 Å². The van der Waals surface area contributed by atoms with Gasteiger partial charge in [0, 0.05) is 25.0 Å². The van der Waals surface area contributed by atoms with Gasteiger partial charge in [-0.2, -0.15) is 8.42 Å². The Morgan fingerprint density at radius 1 is 1.35 bits per heavy atom. The summed E-state index contributed by atoms with van der Waals surface area (Å²) in [5.41, 5.74) is -1.29. The number of rotatable bonds is 9. The van der Waals surface area contributed by atoms with Crippen molar-refractivity contribution in [1.82, 2.24) is 5.32 Å². The fourth-order valence-electron chi connectivity index (χ4n) is 1.58. The number of carbonyl (C=O) groups excluding carboxylic acids is 1. The first kappa shape index (κ1) is 19.0. The van der Waals surface area contributed by atoms with Crippen molar-refractivity contribution >= 4 is 16.0 Å². The summed E-state index contributed by atoms with van der Waals surface area (Å²) in [7, 11) is -0.620. The average Bonchev–Trinajstić information content (AvgIpc) is 2.30. The van der Waals surface area contributed by atoms with Crippen LogP contribution in [-0.2, 0) is 14.9 Å². The quantitative estimate of drug-likeness (QED) is 0.236. The number of hydrogen-bond donors (Lipinski definition) is 3. The van der Waals surface area contributed by atoms with E-state index in [1.54, 1.807) is 6.92 Å². The van der Waals surface area contributed by atoms with Crippen LogP contribution in [0.3, 0.4) is 0 Å². The standard InChI is InChI=1S/C12H24N2O5S/c1-10(2)12(16)13-7-5-8-14(3,4)9-6-11(15)20(17,18)19/h11,15H,1,5-9H2,2-4H3,(H-,13,16,17,18,19)/p+1. The van der Waals surface area contributed by atoms with Crippen LogP contribution in [0.2, 0.25) is 0 Å². The number of amides is 1. The van der Waals surface area contributed by atoms with Crippen LogP contribution in [-0.4, -0.2) is 67.6 Å². The molecular formula is C12H25N2O5S+. The summed E-state index contributed by atoms with van der Waals surface area (Å²) in [6.07, 6.45) is 0.679. The van der Waals surface area contributed by atoms with Crippen molar-refractivity contribution in [2.75, 3.05) is 33.7 Å². The van der Waals surface area contributed by atoms with Crippen molar-refractivity contribution in [2.45, 2.75) is 25.2 Å². The number of carbonyl (C=O) groups is 1. The normalized spacial score (nSPS) is 13.8. The van der Waals surface area contributed by atoms with Crippen LogP contribution < -0.4 is 5.32 Å². The lowest BCUT2D eigenvalue weighted by Gasteiger charge is -2.30. The molecule has 0 saturated heterocycles. The lowest BCUT2D eigenvalue weighted by molar-refractivity contribution is -0.890. The maximum atomic E-state index is 11.2. The van der Waals surface area contributed by atoms with Gasteiger partial charge < -0.3 is 14.9 Å². The Bertz CT molecular complexity index is 445. The van der Waals surface area contributed by atoms with Crippen molar-refractivity contribution in [2.24, 2.45) is 0 Å². The zero-order valence-corrected chi connectivity index (χ0v) is 13.1. The SMILES string of the molecule is C=C(C)C(=O)NCCC[N+](C)(C)CCC(O)S(=O)(=O)O. The fourth-order valence-corrected chi connectivity index (χ4v) is 1.98. The number of nitrogens with one attached hydrogen (secondary N) is 1. The second-order valence-corrected chi connectivity index (χ2v) is 7.11. The van der Waals surface area contributed by atoms with E-state index in [0.717, 1.165) is 0 Å². The van der Waals surface area contributed by atoms with Crippen LogP contribution in [0.15, 0.2) is 12.2 Å². The summed E-state index contributed by atoms with van der Waals surface area (Å²) in [5.74, 6) is -0.183. The largest absolute Gasteiger partial charge is 0.375 e. The molecule has 1 atom stereocenters. The molecule has 1 unspecified atom stereocenters. The first-order valence-corrected chi connectivity index (χ1v) is 7.86. The zero-order chi connectivity index (χ0) is 16.0. The van der Waals surface area contributed by atoms with Gasteiger partial charge >= 0.3 is 0 Å². The van der Waals surface area contributed by atoms with Crippen LogP contribution in [0.25, 0.3) is 0 Å². The van der Waals surface area contributed by atoms with Crippen molar-refractivity contribution < 1.29 is 27.4 Å². The van der Waals surface area contributed by atoms with E-state index in [2.05, 4.69) is 11.9 Å². The predicted molar refractivity (Wildman–Crippen MR) is 76.5 cm³/mol. The van der Waals surface area contributed by atoms with E-state index in [0.29, 0.717) is 36.1 Å². The predicted octanol–water partition coefficient (Wildman–Crippen LogP) is -0.258. The highest BCUT2D eigenvalue weighted by Crippen LogP contribution is 2.07. The van der Waals surface area contributed by atoms with Crippen molar-refractivity contribution in [3.8, 4) is 0 Å². The fraction of sp³-hybridized carbons (Fsp3) is 0.750. The third-order valence-electron chi connectivity index (χ3n) is 2.94. The lowest BCUT2D eigenvalue weighted by Crippen LogP contribution is -2.44. The molecule has 7 nitrogen and oxygen atoms in total. The third-order valence-corrected chi connectivity index (χ3v) is 3.86. The molecular weight excluding hydrogens is 284 g/mol. The summed E-state index contributed by atoms with van der Waals surface area (Å²) >= 11 is 0. The summed E-state index contributed by atoms with van der Waals surface area (Å²) in [6, 6.07) is 0. The lowest BCUT2D eigenvalue weighted by atomic mass is 10.3. The maximum absolute atomic E-state index is 11.2. The molecule has 20 heavy (non-hydrogen) atoms. The van der Waals surface area contributed by atoms with Crippen molar-refractivity contribution in [3.63, 3.8) is 0 Å². The van der Waals surface area contributed by atoms with E-state index >= 15 is 0 Å². The molecule has 0 aliphatic heterocycles. The van der Waals surface area contributed by atoms with Gasteiger partial charge in [0.1, 0.15) is 0 Å². The van der Waals surface area contributed by atoms with E-state index in [1.807, 2.05) is 14.1 Å². The van der Waals surface area contributed by atoms with Crippen LogP contribution >= 0.6 is 0 Å². The van der Waals surface area contributed by atoms with Gasteiger partial charge in [0.2, 0.25) is 5.91 Å². The topological polar surface area (TPSA) is 104 Å². The summed E-state index contributed by atoms with van der Waals surface area (Å²) in [5, 5.41) is 11.9. The van der Waals surface area contributed by atoms with Gasteiger partial charge in [-0.05, 0) is 6.92 Å². The number of quaternary nitrogens is 1. The number of aliphatic hydroxyl groups excluding tert-OH is 1. The zero-order valence-electron chi connectivity index (χ0n) is 12.3. The van der Waals surface area contributed by atoms with Gasteiger partial charge in [-0.25, -0.2) is 0 Å². The molecule has 0 rings (SSSR count). The third kappa shape index (κ3) is 8.26. The molecule has 3 N–H and O–H groups in total. The molecule has 8 heteroatoms. The Kier molecular flexibility index (Phi) is 7.35. The molecule has 0 aromatic carbocycles. The Morgan fingerprint density at radius 3 is 2.35 bits per heavy atom. The first-order chi connectivity index (χ1) is 8.96. The summed E-state index contributed by atoms with van der Waals surface area (Å²) in [4.78, 5) is 11.2. The molecule has 0 bridgehead atoms. The number of nitrogens with zero attached hydrogens (tertiary/aromatic N) is 1. The Labute approximate surface area is 120 Å². The minimum Gasteiger partial charge on any atom is -0.375 e. The van der Waals surface area contributed by atoms with Crippen LogP contribution in [0.4, 0.5) is 0 Å². The van der Waals surface area contributed by atoms with E-state index < -0.39 is 15.6 Å². The highest BCUT2D eigenvalue weighted by Gasteiger charge is 2.24. The highest BCUT2D eigenvalue weighted by atomic mass is 32.2. The van der Waals surface area contributed by atoms with E-state index in [9.17, 15) is 18.3 Å². The number of hydrogen-bond acceptors (Lipinski definition) is 4. The average molecular weight is 309 g/mol. The van der Waals surface area contributed by atoms with Gasteiger partial charge in [-0.1, -0.05) is 6.58 Å². The maximum Gasteiger partial charge on any atom is 0.292 e. The Balaban J connectivity index is 4.02. The second kappa shape index (κ2) is 7.72. The van der Waals surface area contributed by atoms with E-state index in [4.69, 9.17) is 4.55 Å². The van der Waals surface area contributed by atoms with Gasteiger partial charge in [0.25, 0.3) is 10.1 Å². The first-order valence-electron chi connectivity index (χ1n) is 6.36. The monoisotopic (exact) mass is 309 g/mol. The minimum absolute atomic E-state index is 0.0377. The van der Waals surface area contributed by atoms with E-state index in [1.165, 1.54) is 0 Å².